The van der Waals surface area contributed by atoms with Gasteiger partial charge < -0.3 is 15.3 Å². The second kappa shape index (κ2) is 7.12. The van der Waals surface area contributed by atoms with Crippen LogP contribution in [0.2, 0.25) is 0 Å². The Morgan fingerprint density at radius 1 is 1.56 bits per heavy atom. The van der Waals surface area contributed by atoms with Crippen LogP contribution in [0.1, 0.15) is 12.8 Å². The Morgan fingerprint density at radius 3 is 2.83 bits per heavy atom. The zero-order valence-corrected chi connectivity index (χ0v) is 10.7. The maximum absolute atomic E-state index is 11.7. The number of likely N-dealkylation sites (tertiary alicyclic amines) is 1. The first-order chi connectivity index (χ1) is 8.60. The van der Waals surface area contributed by atoms with E-state index in [1.54, 1.807) is 15.1 Å². The van der Waals surface area contributed by atoms with Crippen LogP contribution in [0.4, 0.5) is 0 Å². The lowest BCUT2D eigenvalue weighted by molar-refractivity contribution is -0.139. The SMILES string of the molecule is BNC1CC(=O)N(CCC(=O)NCCOC)C1=O. The van der Waals surface area contributed by atoms with Crippen molar-refractivity contribution >= 4 is 25.7 Å². The maximum atomic E-state index is 11.7. The number of carbonyl (C=O) groups excluding carboxylic acids is 3. The number of hydrogen-bond donors (Lipinski definition) is 2. The molecule has 1 rings (SSSR count). The molecule has 0 aromatic heterocycles. The number of ether oxygens (including phenoxy) is 1. The monoisotopic (exact) mass is 255 g/mol. The summed E-state index contributed by atoms with van der Waals surface area (Å²) in [4.78, 5) is 35.8. The molecule has 3 amide bonds. The molecule has 2 N–H and O–H groups in total. The van der Waals surface area contributed by atoms with Crippen molar-refractivity contribution in [3.05, 3.63) is 0 Å². The van der Waals surface area contributed by atoms with Gasteiger partial charge in [-0.05, 0) is 0 Å². The summed E-state index contributed by atoms with van der Waals surface area (Å²) in [6.45, 7) is 1.00. The number of hydrogen-bond acceptors (Lipinski definition) is 5. The van der Waals surface area contributed by atoms with Gasteiger partial charge in [0.15, 0.2) is 7.98 Å². The average Bonchev–Trinajstić information content (AvgIpc) is 2.62. The third-order valence-electron chi connectivity index (χ3n) is 2.78. The molecule has 0 saturated carbocycles. The highest BCUT2D eigenvalue weighted by molar-refractivity contribution is 6.12. The van der Waals surface area contributed by atoms with Gasteiger partial charge in [0.05, 0.1) is 19.1 Å². The number of amides is 3. The first kappa shape index (κ1) is 14.7. The van der Waals surface area contributed by atoms with Crippen molar-refractivity contribution in [2.45, 2.75) is 18.9 Å². The Balaban J connectivity index is 2.32. The van der Waals surface area contributed by atoms with Crippen LogP contribution >= 0.6 is 0 Å². The molecule has 0 aliphatic carbocycles. The Hall–Kier alpha value is -1.41. The van der Waals surface area contributed by atoms with Crippen molar-refractivity contribution in [3.63, 3.8) is 0 Å². The molecule has 1 saturated heterocycles. The van der Waals surface area contributed by atoms with Crippen molar-refractivity contribution in [2.24, 2.45) is 0 Å². The van der Waals surface area contributed by atoms with Crippen LogP contribution in [0, 0.1) is 0 Å². The summed E-state index contributed by atoms with van der Waals surface area (Å²) >= 11 is 0. The van der Waals surface area contributed by atoms with Gasteiger partial charge in [-0.15, -0.1) is 0 Å². The molecule has 0 aromatic rings. The number of nitrogens with zero attached hydrogens (tertiary/aromatic N) is 1. The lowest BCUT2D eigenvalue weighted by Crippen LogP contribution is -2.39. The van der Waals surface area contributed by atoms with Crippen molar-refractivity contribution in [1.29, 1.82) is 0 Å². The highest BCUT2D eigenvalue weighted by Gasteiger charge is 2.37. The average molecular weight is 255 g/mol. The van der Waals surface area contributed by atoms with Gasteiger partial charge in [-0.25, -0.2) is 0 Å². The number of imide groups is 1. The second-order valence-corrected chi connectivity index (χ2v) is 4.02. The minimum absolute atomic E-state index is 0.123. The Kier molecular flexibility index (Phi) is 5.80. The Labute approximate surface area is 107 Å². The van der Waals surface area contributed by atoms with Gasteiger partial charge in [-0.2, -0.15) is 0 Å². The van der Waals surface area contributed by atoms with Crippen molar-refractivity contribution in [3.8, 4) is 0 Å². The minimum atomic E-state index is -0.450. The fourth-order valence-electron chi connectivity index (χ4n) is 1.74. The number of nitrogens with one attached hydrogen (secondary N) is 2. The van der Waals surface area contributed by atoms with E-state index in [4.69, 9.17) is 4.74 Å². The number of methoxy groups -OCH3 is 1. The maximum Gasteiger partial charge on any atom is 0.245 e. The van der Waals surface area contributed by atoms with Crippen molar-refractivity contribution < 1.29 is 19.1 Å². The molecule has 0 aromatic carbocycles. The standard InChI is InChI=1S/C10H18BN3O4/c1-18-5-3-12-8(15)2-4-14-9(16)6-7(13-11)10(14)17/h7,13H,2-6,11H2,1H3,(H,12,15). The zero-order chi connectivity index (χ0) is 13.5. The predicted octanol–water partition coefficient (Wildman–Crippen LogP) is -2.60. The Bertz CT molecular complexity index is 337. The van der Waals surface area contributed by atoms with E-state index >= 15 is 0 Å². The largest absolute Gasteiger partial charge is 0.383 e. The first-order valence-electron chi connectivity index (χ1n) is 5.87. The van der Waals surface area contributed by atoms with E-state index in [1.165, 1.54) is 0 Å². The van der Waals surface area contributed by atoms with E-state index in [0.29, 0.717) is 13.2 Å². The van der Waals surface area contributed by atoms with Gasteiger partial charge in [0, 0.05) is 26.6 Å². The molecule has 0 spiro atoms. The van der Waals surface area contributed by atoms with E-state index < -0.39 is 6.04 Å². The van der Waals surface area contributed by atoms with Gasteiger partial charge in [-0.1, -0.05) is 0 Å². The zero-order valence-electron chi connectivity index (χ0n) is 10.7. The number of rotatable bonds is 7. The highest BCUT2D eigenvalue weighted by atomic mass is 16.5. The summed E-state index contributed by atoms with van der Waals surface area (Å²) in [5, 5.41) is 5.41. The van der Waals surface area contributed by atoms with Crippen LogP contribution in [-0.4, -0.2) is 63.5 Å². The van der Waals surface area contributed by atoms with Crippen LogP contribution in [0.15, 0.2) is 0 Å². The smallest absolute Gasteiger partial charge is 0.245 e. The molecule has 1 atom stereocenters. The highest BCUT2D eigenvalue weighted by Crippen LogP contribution is 2.12. The molecular formula is C10H18BN3O4. The topological polar surface area (TPSA) is 87.7 Å². The molecule has 1 unspecified atom stereocenters. The third-order valence-corrected chi connectivity index (χ3v) is 2.78. The van der Waals surface area contributed by atoms with Crippen LogP contribution in [0.5, 0.6) is 0 Å². The minimum Gasteiger partial charge on any atom is -0.383 e. The molecule has 1 aliphatic rings. The van der Waals surface area contributed by atoms with Crippen LogP contribution < -0.4 is 10.5 Å². The molecule has 0 bridgehead atoms. The second-order valence-electron chi connectivity index (χ2n) is 4.02. The fourth-order valence-corrected chi connectivity index (χ4v) is 1.74. The molecule has 1 heterocycles. The normalized spacial score (nSPS) is 19.4. The van der Waals surface area contributed by atoms with Gasteiger partial charge in [0.2, 0.25) is 17.7 Å². The summed E-state index contributed by atoms with van der Waals surface area (Å²) in [5.74, 6) is -0.684. The number of carbonyl (C=O) groups is 3. The lowest BCUT2D eigenvalue weighted by Gasteiger charge is -2.14. The summed E-state index contributed by atoms with van der Waals surface area (Å²) in [7, 11) is 3.18. The van der Waals surface area contributed by atoms with E-state index in [0.717, 1.165) is 4.90 Å². The fraction of sp³-hybridized carbons (Fsp3) is 0.700. The molecule has 0 radical (unpaired) electrons. The van der Waals surface area contributed by atoms with Crippen LogP contribution in [0.25, 0.3) is 0 Å². The summed E-state index contributed by atoms with van der Waals surface area (Å²) in [6, 6.07) is -0.450. The Morgan fingerprint density at radius 2 is 2.28 bits per heavy atom. The van der Waals surface area contributed by atoms with E-state index in [2.05, 4.69) is 10.5 Å². The van der Waals surface area contributed by atoms with Gasteiger partial charge >= 0.3 is 0 Å². The third kappa shape index (κ3) is 3.81. The summed E-state index contributed by atoms with van der Waals surface area (Å²) in [6.07, 6.45) is 0.290. The quantitative estimate of drug-likeness (QED) is 0.296. The molecule has 100 valence electrons. The van der Waals surface area contributed by atoms with Crippen LogP contribution in [-0.2, 0) is 19.1 Å². The first-order valence-corrected chi connectivity index (χ1v) is 5.87. The van der Waals surface area contributed by atoms with E-state index in [1.807, 2.05) is 0 Å². The summed E-state index contributed by atoms with van der Waals surface area (Å²) < 4.78 is 4.79. The molecule has 8 heteroatoms. The molecule has 1 fully saturated rings. The van der Waals surface area contributed by atoms with Gasteiger partial charge in [0.25, 0.3) is 0 Å². The molecular weight excluding hydrogens is 237 g/mol. The summed E-state index contributed by atoms with van der Waals surface area (Å²) in [5.41, 5.74) is 0. The molecule has 18 heavy (non-hydrogen) atoms. The van der Waals surface area contributed by atoms with Crippen LogP contribution in [0.3, 0.4) is 0 Å². The van der Waals surface area contributed by atoms with Gasteiger partial charge in [0.1, 0.15) is 0 Å². The molecule has 7 nitrogen and oxygen atoms in total. The van der Waals surface area contributed by atoms with Crippen molar-refractivity contribution in [2.75, 3.05) is 26.8 Å². The van der Waals surface area contributed by atoms with E-state index in [9.17, 15) is 14.4 Å². The lowest BCUT2D eigenvalue weighted by atomic mass is 10.2. The predicted molar refractivity (Wildman–Crippen MR) is 66.3 cm³/mol. The van der Waals surface area contributed by atoms with Gasteiger partial charge in [-0.3, -0.25) is 19.3 Å². The van der Waals surface area contributed by atoms with E-state index in [-0.39, 0.29) is 37.1 Å². The molecule has 1 aliphatic heterocycles. The van der Waals surface area contributed by atoms with Crippen molar-refractivity contribution in [1.82, 2.24) is 15.4 Å².